The van der Waals surface area contributed by atoms with Crippen molar-refractivity contribution in [3.8, 4) is 0 Å². The maximum absolute atomic E-state index is 13.0. The first-order valence-corrected chi connectivity index (χ1v) is 10.4. The van der Waals surface area contributed by atoms with Gasteiger partial charge in [0.05, 0.1) is 16.8 Å². The van der Waals surface area contributed by atoms with Crippen LogP contribution in [0.3, 0.4) is 0 Å². The fourth-order valence-corrected chi connectivity index (χ4v) is 4.25. The number of anilines is 3. The number of nitrogens with zero attached hydrogens (tertiary/aromatic N) is 2. The van der Waals surface area contributed by atoms with E-state index in [1.165, 1.54) is 17.9 Å². The van der Waals surface area contributed by atoms with Gasteiger partial charge in [-0.15, -0.1) is 0 Å². The van der Waals surface area contributed by atoms with Gasteiger partial charge in [-0.3, -0.25) is 19.3 Å². The lowest BCUT2D eigenvalue weighted by molar-refractivity contribution is -0.115. The number of carbonyl (C=O) groups excluding carboxylic acids is 4. The molecule has 1 aliphatic carbocycles. The van der Waals surface area contributed by atoms with Crippen molar-refractivity contribution in [1.82, 2.24) is 4.90 Å². The van der Waals surface area contributed by atoms with Crippen LogP contribution in [0, 0.1) is 0 Å². The lowest BCUT2D eigenvalue weighted by Crippen LogP contribution is -2.40. The van der Waals surface area contributed by atoms with Crippen LogP contribution >= 0.6 is 0 Å². The summed E-state index contributed by atoms with van der Waals surface area (Å²) in [6.07, 6.45) is 4.78. The Kier molecular flexibility index (Phi) is 5.46. The van der Waals surface area contributed by atoms with Crippen LogP contribution in [-0.4, -0.2) is 34.7 Å². The number of hydrogen-bond donors (Lipinski definition) is 2. The molecule has 3 N–H and O–H groups in total. The molecule has 0 bridgehead atoms. The van der Waals surface area contributed by atoms with Crippen LogP contribution < -0.4 is 16.0 Å². The Bertz CT molecular complexity index is 1060. The minimum Gasteiger partial charge on any atom is -0.399 e. The Labute approximate surface area is 180 Å². The average Bonchev–Trinajstić information content (AvgIpc) is 3.00. The molecule has 0 saturated heterocycles. The van der Waals surface area contributed by atoms with Gasteiger partial charge in [-0.25, -0.2) is 9.69 Å². The normalized spacial score (nSPS) is 16.2. The van der Waals surface area contributed by atoms with Crippen molar-refractivity contribution in [1.29, 1.82) is 0 Å². The van der Waals surface area contributed by atoms with E-state index >= 15 is 0 Å². The monoisotopic (exact) mass is 420 g/mol. The highest BCUT2D eigenvalue weighted by molar-refractivity contribution is 6.22. The molecule has 5 amide bonds. The minimum atomic E-state index is -0.668. The Hall–Kier alpha value is -3.68. The summed E-state index contributed by atoms with van der Waals surface area (Å²) in [6.45, 7) is 1.28. The third-order valence-corrected chi connectivity index (χ3v) is 5.78. The predicted octanol–water partition coefficient (Wildman–Crippen LogP) is 3.78. The third-order valence-electron chi connectivity index (χ3n) is 5.78. The molecule has 0 spiro atoms. The van der Waals surface area contributed by atoms with Crippen LogP contribution in [0.2, 0.25) is 0 Å². The average molecular weight is 420 g/mol. The van der Waals surface area contributed by atoms with Crippen molar-refractivity contribution < 1.29 is 19.2 Å². The van der Waals surface area contributed by atoms with Crippen molar-refractivity contribution in [3.05, 3.63) is 53.6 Å². The molecule has 0 atom stereocenters. The number of benzene rings is 2. The fourth-order valence-electron chi connectivity index (χ4n) is 4.25. The Morgan fingerprint density at radius 1 is 0.968 bits per heavy atom. The molecule has 2 aromatic carbocycles. The largest absolute Gasteiger partial charge is 0.399 e. The van der Waals surface area contributed by atoms with Gasteiger partial charge in [-0.1, -0.05) is 19.3 Å². The summed E-state index contributed by atoms with van der Waals surface area (Å²) >= 11 is 0. The molecule has 31 heavy (non-hydrogen) atoms. The number of urea groups is 1. The molecule has 160 valence electrons. The topological polar surface area (TPSA) is 113 Å². The van der Waals surface area contributed by atoms with Gasteiger partial charge in [0, 0.05) is 24.3 Å². The molecule has 1 saturated carbocycles. The third kappa shape index (κ3) is 3.88. The van der Waals surface area contributed by atoms with Gasteiger partial charge in [0.25, 0.3) is 11.8 Å². The Balaban J connectivity index is 1.56. The van der Waals surface area contributed by atoms with Crippen LogP contribution in [0.25, 0.3) is 0 Å². The van der Waals surface area contributed by atoms with Gasteiger partial charge < -0.3 is 11.1 Å². The molecule has 1 aliphatic heterocycles. The molecule has 0 radical (unpaired) electrons. The smallest absolute Gasteiger partial charge is 0.333 e. The van der Waals surface area contributed by atoms with Crippen LogP contribution in [-0.2, 0) is 4.79 Å². The molecule has 0 unspecified atom stereocenters. The molecule has 4 rings (SSSR count). The van der Waals surface area contributed by atoms with E-state index in [1.54, 1.807) is 36.4 Å². The summed E-state index contributed by atoms with van der Waals surface area (Å²) in [5, 5.41) is 2.65. The molecule has 0 aromatic heterocycles. The van der Waals surface area contributed by atoms with Crippen LogP contribution in [0.4, 0.5) is 21.9 Å². The SMILES string of the molecule is CC(=O)N(C(=O)Nc1ccc2c(c1)C(=O)N(C1CCCCC1)C2=O)c1ccc(N)cc1. The van der Waals surface area contributed by atoms with E-state index in [2.05, 4.69) is 5.32 Å². The highest BCUT2D eigenvalue weighted by atomic mass is 16.2. The number of fused-ring (bicyclic) bond motifs is 1. The molecule has 2 aromatic rings. The second kappa shape index (κ2) is 8.22. The van der Waals surface area contributed by atoms with Crippen molar-refractivity contribution in [2.45, 2.75) is 45.1 Å². The first kappa shape index (κ1) is 20.6. The number of nitrogens with one attached hydrogen (secondary N) is 1. The number of nitrogens with two attached hydrogens (primary N) is 1. The quantitative estimate of drug-likeness (QED) is 0.580. The predicted molar refractivity (Wildman–Crippen MR) is 117 cm³/mol. The van der Waals surface area contributed by atoms with E-state index in [0.29, 0.717) is 22.6 Å². The van der Waals surface area contributed by atoms with Gasteiger partial charge in [0.15, 0.2) is 0 Å². The minimum absolute atomic E-state index is 0.0714. The number of amides is 5. The van der Waals surface area contributed by atoms with Crippen molar-refractivity contribution in [2.75, 3.05) is 16.0 Å². The highest BCUT2D eigenvalue weighted by Crippen LogP contribution is 2.32. The van der Waals surface area contributed by atoms with Gasteiger partial charge in [0.2, 0.25) is 5.91 Å². The highest BCUT2D eigenvalue weighted by Gasteiger charge is 2.40. The van der Waals surface area contributed by atoms with E-state index in [1.807, 2.05) is 0 Å². The number of carbonyl (C=O) groups is 4. The summed E-state index contributed by atoms with van der Waals surface area (Å²) < 4.78 is 0. The van der Waals surface area contributed by atoms with Crippen molar-refractivity contribution in [2.24, 2.45) is 0 Å². The fraction of sp³-hybridized carbons (Fsp3) is 0.304. The van der Waals surface area contributed by atoms with Gasteiger partial charge >= 0.3 is 6.03 Å². The number of imide groups is 2. The van der Waals surface area contributed by atoms with Gasteiger partial charge in [0.1, 0.15) is 0 Å². The zero-order valence-corrected chi connectivity index (χ0v) is 17.3. The van der Waals surface area contributed by atoms with E-state index in [9.17, 15) is 19.2 Å². The summed E-state index contributed by atoms with van der Waals surface area (Å²) in [5.41, 5.74) is 7.51. The van der Waals surface area contributed by atoms with Gasteiger partial charge in [-0.05, 0) is 55.3 Å². The summed E-state index contributed by atoms with van der Waals surface area (Å²) in [4.78, 5) is 53.0. The number of hydrogen-bond acceptors (Lipinski definition) is 5. The summed E-state index contributed by atoms with van der Waals surface area (Å²) in [7, 11) is 0. The van der Waals surface area contributed by atoms with Crippen LogP contribution in [0.5, 0.6) is 0 Å². The molecule has 8 nitrogen and oxygen atoms in total. The molecular formula is C23H24N4O4. The second-order valence-electron chi connectivity index (χ2n) is 7.91. The van der Waals surface area contributed by atoms with Crippen molar-refractivity contribution in [3.63, 3.8) is 0 Å². The summed E-state index contributed by atoms with van der Waals surface area (Å²) in [5.74, 6) is -1.08. The first-order valence-electron chi connectivity index (χ1n) is 10.4. The van der Waals surface area contributed by atoms with Crippen LogP contribution in [0.1, 0.15) is 59.7 Å². The maximum atomic E-state index is 13.0. The lowest BCUT2D eigenvalue weighted by Gasteiger charge is -2.29. The molecular weight excluding hydrogens is 396 g/mol. The molecule has 1 heterocycles. The van der Waals surface area contributed by atoms with Crippen molar-refractivity contribution >= 4 is 40.8 Å². The maximum Gasteiger partial charge on any atom is 0.333 e. The standard InChI is InChI=1S/C23H24N4O4/c1-14(28)26(18-10-7-15(24)8-11-18)23(31)25-16-9-12-19-20(13-16)22(30)27(21(19)29)17-5-3-2-4-6-17/h7-13,17H,2-6,24H2,1H3,(H,25,31). The number of nitrogen functional groups attached to an aromatic ring is 1. The number of rotatable bonds is 3. The van der Waals surface area contributed by atoms with Gasteiger partial charge in [-0.2, -0.15) is 0 Å². The molecule has 1 fully saturated rings. The van der Waals surface area contributed by atoms with E-state index < -0.39 is 11.9 Å². The lowest BCUT2D eigenvalue weighted by atomic mass is 9.94. The zero-order valence-electron chi connectivity index (χ0n) is 17.3. The molecule has 8 heteroatoms. The zero-order chi connectivity index (χ0) is 22.1. The Morgan fingerprint density at radius 2 is 1.61 bits per heavy atom. The van der Waals surface area contributed by atoms with E-state index in [0.717, 1.165) is 37.0 Å². The van der Waals surface area contributed by atoms with E-state index in [4.69, 9.17) is 5.73 Å². The first-order chi connectivity index (χ1) is 14.9. The second-order valence-corrected chi connectivity index (χ2v) is 7.91. The van der Waals surface area contributed by atoms with E-state index in [-0.39, 0.29) is 23.4 Å². The van der Waals surface area contributed by atoms with Crippen LogP contribution in [0.15, 0.2) is 42.5 Å². The Morgan fingerprint density at radius 3 is 2.26 bits per heavy atom. The molecule has 2 aliphatic rings. The summed E-state index contributed by atoms with van der Waals surface area (Å²) in [6, 6.07) is 10.2.